The zero-order valence-corrected chi connectivity index (χ0v) is 14.5. The zero-order valence-electron chi connectivity index (χ0n) is 13.7. The number of rotatable bonds is 5. The highest BCUT2D eigenvalue weighted by Gasteiger charge is 2.43. The summed E-state index contributed by atoms with van der Waals surface area (Å²) in [6, 6.07) is 1.89. The Bertz CT molecular complexity index is 508. The smallest absolute Gasteiger partial charge is 0.248 e. The monoisotopic (exact) mass is 338 g/mol. The van der Waals surface area contributed by atoms with Gasteiger partial charge >= 0.3 is 0 Å². The van der Waals surface area contributed by atoms with E-state index in [0.29, 0.717) is 6.54 Å². The molecule has 1 aromatic rings. The van der Waals surface area contributed by atoms with Gasteiger partial charge in [-0.2, -0.15) is 16.9 Å². The molecule has 1 aromatic heterocycles. The van der Waals surface area contributed by atoms with Crippen molar-refractivity contribution in [2.24, 2.45) is 0 Å². The number of carbonyl (C=O) groups excluding carboxylic acids is 1. The molecule has 7 heteroatoms. The van der Waals surface area contributed by atoms with Gasteiger partial charge in [-0.25, -0.2) is 0 Å². The van der Waals surface area contributed by atoms with Crippen molar-refractivity contribution in [1.29, 1.82) is 0 Å². The van der Waals surface area contributed by atoms with Gasteiger partial charge in [-0.3, -0.25) is 9.48 Å². The van der Waals surface area contributed by atoms with E-state index in [0.717, 1.165) is 52.0 Å². The summed E-state index contributed by atoms with van der Waals surface area (Å²) in [6.07, 6.45) is 9.31. The van der Waals surface area contributed by atoms with Crippen LogP contribution in [0.1, 0.15) is 25.7 Å². The van der Waals surface area contributed by atoms with Crippen LogP contribution in [0.25, 0.3) is 0 Å². The Kier molecular flexibility index (Phi) is 5.28. The Balaban J connectivity index is 1.71. The molecule has 3 rings (SSSR count). The molecule has 2 N–H and O–H groups in total. The van der Waals surface area contributed by atoms with Crippen LogP contribution in [0.5, 0.6) is 0 Å². The fraction of sp³-hybridized carbons (Fsp3) is 0.750. The maximum Gasteiger partial charge on any atom is 0.248 e. The SMILES string of the molecule is CSC1(CNC(=O)C2(n3cccn3)CCNCC2)CCOCC1. The van der Waals surface area contributed by atoms with Gasteiger partial charge in [0.1, 0.15) is 5.54 Å². The number of hydrogen-bond donors (Lipinski definition) is 2. The minimum atomic E-state index is -0.556. The Labute approximate surface area is 141 Å². The van der Waals surface area contributed by atoms with Crippen LogP contribution in [0.4, 0.5) is 0 Å². The molecule has 23 heavy (non-hydrogen) atoms. The van der Waals surface area contributed by atoms with Crippen LogP contribution in [0.2, 0.25) is 0 Å². The highest BCUT2D eigenvalue weighted by molar-refractivity contribution is 8.00. The van der Waals surface area contributed by atoms with Gasteiger partial charge in [0.05, 0.1) is 0 Å². The molecule has 0 aliphatic carbocycles. The van der Waals surface area contributed by atoms with E-state index < -0.39 is 5.54 Å². The first-order valence-corrected chi connectivity index (χ1v) is 9.55. The molecule has 1 amide bonds. The van der Waals surface area contributed by atoms with Gasteiger partial charge in [-0.1, -0.05) is 0 Å². The lowest BCUT2D eigenvalue weighted by molar-refractivity contribution is -0.132. The predicted molar refractivity (Wildman–Crippen MR) is 91.6 cm³/mol. The van der Waals surface area contributed by atoms with Crippen molar-refractivity contribution in [3.8, 4) is 0 Å². The van der Waals surface area contributed by atoms with E-state index in [1.54, 1.807) is 6.20 Å². The van der Waals surface area contributed by atoms with E-state index in [2.05, 4.69) is 22.0 Å². The highest BCUT2D eigenvalue weighted by Crippen LogP contribution is 2.34. The molecular weight excluding hydrogens is 312 g/mol. The van der Waals surface area contributed by atoms with Crippen LogP contribution in [0, 0.1) is 0 Å². The summed E-state index contributed by atoms with van der Waals surface area (Å²) in [7, 11) is 0. The molecule has 6 nitrogen and oxygen atoms in total. The second-order valence-electron chi connectivity index (χ2n) is 6.41. The Morgan fingerprint density at radius 3 is 2.70 bits per heavy atom. The molecule has 2 aliphatic rings. The van der Waals surface area contributed by atoms with Crippen LogP contribution < -0.4 is 10.6 Å². The van der Waals surface area contributed by atoms with Gasteiger partial charge in [0.25, 0.3) is 0 Å². The average molecular weight is 338 g/mol. The van der Waals surface area contributed by atoms with E-state index in [-0.39, 0.29) is 10.7 Å². The molecule has 0 radical (unpaired) electrons. The molecule has 3 heterocycles. The van der Waals surface area contributed by atoms with Crippen LogP contribution in [0.3, 0.4) is 0 Å². The molecule has 2 saturated heterocycles. The van der Waals surface area contributed by atoms with Gasteiger partial charge in [-0.05, 0) is 51.1 Å². The lowest BCUT2D eigenvalue weighted by atomic mass is 9.87. The molecule has 0 spiro atoms. The first-order chi connectivity index (χ1) is 11.2. The largest absolute Gasteiger partial charge is 0.381 e. The molecule has 2 aliphatic heterocycles. The number of thioether (sulfide) groups is 1. The minimum absolute atomic E-state index is 0.0996. The minimum Gasteiger partial charge on any atom is -0.381 e. The fourth-order valence-corrected chi connectivity index (χ4v) is 4.32. The van der Waals surface area contributed by atoms with Gasteiger partial charge in [0.2, 0.25) is 5.91 Å². The van der Waals surface area contributed by atoms with Crippen molar-refractivity contribution in [1.82, 2.24) is 20.4 Å². The average Bonchev–Trinajstić information content (AvgIpc) is 3.16. The Morgan fingerprint density at radius 1 is 1.35 bits per heavy atom. The van der Waals surface area contributed by atoms with Gasteiger partial charge in [-0.15, -0.1) is 0 Å². The molecule has 0 atom stereocenters. The maximum atomic E-state index is 13.1. The first-order valence-electron chi connectivity index (χ1n) is 8.33. The molecule has 0 aromatic carbocycles. The number of piperidine rings is 1. The lowest BCUT2D eigenvalue weighted by Crippen LogP contribution is -2.56. The molecule has 128 valence electrons. The van der Waals surface area contributed by atoms with Crippen molar-refractivity contribution in [2.75, 3.05) is 39.1 Å². The molecule has 2 fully saturated rings. The van der Waals surface area contributed by atoms with Crippen molar-refractivity contribution >= 4 is 17.7 Å². The van der Waals surface area contributed by atoms with Gasteiger partial charge in [0.15, 0.2) is 0 Å². The van der Waals surface area contributed by atoms with Crippen LogP contribution in [0.15, 0.2) is 18.5 Å². The van der Waals surface area contributed by atoms with Crippen LogP contribution in [-0.4, -0.2) is 59.5 Å². The molecule has 0 saturated carbocycles. The second-order valence-corrected chi connectivity index (χ2v) is 7.69. The first kappa shape index (κ1) is 16.8. The van der Waals surface area contributed by atoms with E-state index >= 15 is 0 Å². The second kappa shape index (κ2) is 7.23. The third-order valence-corrected chi connectivity index (χ3v) is 6.62. The molecule has 0 unspecified atom stereocenters. The Hall–Kier alpha value is -1.05. The summed E-state index contributed by atoms with van der Waals surface area (Å²) in [4.78, 5) is 13.1. The summed E-state index contributed by atoms with van der Waals surface area (Å²) in [6.45, 7) is 3.95. The number of hydrogen-bond acceptors (Lipinski definition) is 5. The summed E-state index contributed by atoms with van der Waals surface area (Å²) in [5, 5.41) is 10.9. The highest BCUT2D eigenvalue weighted by atomic mass is 32.2. The fourth-order valence-electron chi connectivity index (χ4n) is 3.52. The topological polar surface area (TPSA) is 68.2 Å². The molecule has 0 bridgehead atoms. The number of nitrogens with zero attached hydrogens (tertiary/aromatic N) is 2. The van der Waals surface area contributed by atoms with Crippen molar-refractivity contribution in [2.45, 2.75) is 36.0 Å². The van der Waals surface area contributed by atoms with E-state index in [1.807, 2.05) is 28.7 Å². The van der Waals surface area contributed by atoms with Gasteiger partial charge < -0.3 is 15.4 Å². The predicted octanol–water partition coefficient (Wildman–Crippen LogP) is 0.990. The number of carbonyl (C=O) groups is 1. The maximum absolute atomic E-state index is 13.1. The normalized spacial score (nSPS) is 23.3. The summed E-state index contributed by atoms with van der Waals surface area (Å²) < 4.78 is 7.43. The zero-order chi connectivity index (χ0) is 16.2. The number of nitrogens with one attached hydrogen (secondary N) is 2. The van der Waals surface area contributed by atoms with E-state index in [9.17, 15) is 4.79 Å². The third kappa shape index (κ3) is 3.41. The molecular formula is C16H26N4O2S. The quantitative estimate of drug-likeness (QED) is 0.838. The van der Waals surface area contributed by atoms with E-state index in [1.165, 1.54) is 0 Å². The summed E-state index contributed by atoms with van der Waals surface area (Å²) >= 11 is 1.85. The van der Waals surface area contributed by atoms with Gasteiger partial charge in [0, 0.05) is 36.9 Å². The van der Waals surface area contributed by atoms with Crippen molar-refractivity contribution in [3.63, 3.8) is 0 Å². The summed E-state index contributed by atoms with van der Waals surface area (Å²) in [5.74, 6) is 0.0996. The van der Waals surface area contributed by atoms with Crippen molar-refractivity contribution < 1.29 is 9.53 Å². The standard InChI is InChI=1S/C16H26N4O2S/c1-23-15(5-11-22-12-6-15)13-18-14(21)16(3-8-17-9-4-16)20-10-2-7-19-20/h2,7,10,17H,3-6,8-9,11-13H2,1H3,(H,18,21). The Morgan fingerprint density at radius 2 is 2.09 bits per heavy atom. The third-order valence-electron chi connectivity index (χ3n) is 5.20. The van der Waals surface area contributed by atoms with Crippen LogP contribution in [-0.2, 0) is 15.1 Å². The van der Waals surface area contributed by atoms with Crippen molar-refractivity contribution in [3.05, 3.63) is 18.5 Å². The lowest BCUT2D eigenvalue weighted by Gasteiger charge is -2.39. The van der Waals surface area contributed by atoms with E-state index in [4.69, 9.17) is 4.74 Å². The number of amides is 1. The van der Waals surface area contributed by atoms with Crippen LogP contribution >= 0.6 is 11.8 Å². The summed E-state index contributed by atoms with van der Waals surface area (Å²) in [5.41, 5.74) is -0.556. The number of ether oxygens (including phenoxy) is 1. The number of aromatic nitrogens is 2.